The van der Waals surface area contributed by atoms with Crippen molar-refractivity contribution < 1.29 is 12.2 Å². The van der Waals surface area contributed by atoms with E-state index in [4.69, 9.17) is 12.2 Å². The van der Waals surface area contributed by atoms with Gasteiger partial charge in [-0.15, -0.1) is 0 Å². The summed E-state index contributed by atoms with van der Waals surface area (Å²) >= 11 is 3.45. The Kier molecular flexibility index (Phi) is 4.72. The maximum absolute atomic E-state index is 7.81. The summed E-state index contributed by atoms with van der Waals surface area (Å²) in [5.74, 6) is 1.12. The SMILES string of the molecule is [2H]C([2H])c1c(Br)cc(OCc2ccccc2)cc1OCc1ccccc1. The van der Waals surface area contributed by atoms with Crippen molar-refractivity contribution in [2.75, 3.05) is 0 Å². The van der Waals surface area contributed by atoms with Gasteiger partial charge in [0.1, 0.15) is 24.7 Å². The van der Waals surface area contributed by atoms with Gasteiger partial charge in [-0.1, -0.05) is 76.6 Å². The number of benzene rings is 3. The van der Waals surface area contributed by atoms with Crippen molar-refractivity contribution in [1.82, 2.24) is 0 Å². The fourth-order valence-corrected chi connectivity index (χ4v) is 2.67. The third-order valence-electron chi connectivity index (χ3n) is 3.55. The normalized spacial score (nSPS) is 11.8. The minimum absolute atomic E-state index is 0.370. The third kappa shape index (κ3) is 4.39. The largest absolute Gasteiger partial charge is 0.489 e. The molecule has 0 bridgehead atoms. The highest BCUT2D eigenvalue weighted by Gasteiger charge is 2.08. The number of halogens is 1. The monoisotopic (exact) mass is 384 g/mol. The van der Waals surface area contributed by atoms with Crippen molar-refractivity contribution in [3.63, 3.8) is 0 Å². The first kappa shape index (κ1) is 14.1. The fourth-order valence-electron chi connectivity index (χ4n) is 2.25. The zero-order valence-electron chi connectivity index (χ0n) is 15.1. The molecule has 0 atom stereocenters. The average molecular weight is 385 g/mol. The van der Waals surface area contributed by atoms with Crippen LogP contribution in [0.1, 0.15) is 19.4 Å². The van der Waals surface area contributed by atoms with Crippen LogP contribution in [0.5, 0.6) is 11.5 Å². The molecule has 24 heavy (non-hydrogen) atoms. The van der Waals surface area contributed by atoms with E-state index in [2.05, 4.69) is 15.9 Å². The number of hydrogen-bond donors (Lipinski definition) is 0. The minimum Gasteiger partial charge on any atom is -0.489 e. The molecule has 0 aliphatic rings. The maximum atomic E-state index is 7.81. The molecule has 0 N–H and O–H groups in total. The van der Waals surface area contributed by atoms with E-state index >= 15 is 0 Å². The van der Waals surface area contributed by atoms with Crippen molar-refractivity contribution in [3.8, 4) is 11.5 Å². The van der Waals surface area contributed by atoms with Gasteiger partial charge in [0.15, 0.2) is 0 Å². The molecule has 0 aromatic heterocycles. The molecule has 3 rings (SSSR count). The molecule has 0 fully saturated rings. The molecule has 3 aromatic carbocycles. The van der Waals surface area contributed by atoms with Gasteiger partial charge < -0.3 is 9.47 Å². The first-order chi connectivity index (χ1) is 12.6. The minimum atomic E-state index is -1.15. The Labute approximate surface area is 154 Å². The summed E-state index contributed by atoms with van der Waals surface area (Å²) in [5.41, 5.74) is 2.59. The Bertz CT molecular complexity index is 839. The second-order valence-electron chi connectivity index (χ2n) is 5.37. The van der Waals surface area contributed by atoms with Crippen LogP contribution in [-0.4, -0.2) is 0 Å². The smallest absolute Gasteiger partial charge is 0.127 e. The van der Waals surface area contributed by atoms with Gasteiger partial charge >= 0.3 is 0 Å². The summed E-state index contributed by atoms with van der Waals surface area (Å²) in [6.07, 6.45) is 0. The van der Waals surface area contributed by atoms with E-state index in [1.165, 1.54) is 0 Å². The molecule has 0 radical (unpaired) electrons. The topological polar surface area (TPSA) is 18.5 Å². The predicted octanol–water partition coefficient (Wildman–Crippen LogP) is 5.92. The fraction of sp³-hybridized carbons (Fsp3) is 0.143. The van der Waals surface area contributed by atoms with E-state index in [1.807, 2.05) is 60.7 Å². The second-order valence-corrected chi connectivity index (χ2v) is 6.22. The highest BCUT2D eigenvalue weighted by molar-refractivity contribution is 9.10. The molecule has 3 aromatic rings. The van der Waals surface area contributed by atoms with Crippen molar-refractivity contribution in [2.45, 2.75) is 20.1 Å². The standard InChI is InChI=1S/C21H19BrO2/c1-16-20(22)12-19(23-14-17-8-4-2-5-9-17)13-21(16)24-15-18-10-6-3-7-11-18/h2-13H,14-15H2,1H3/i1D2. The number of rotatable bonds is 6. The van der Waals surface area contributed by atoms with Crippen molar-refractivity contribution >= 4 is 15.9 Å². The van der Waals surface area contributed by atoms with E-state index in [9.17, 15) is 0 Å². The Morgan fingerprint density at radius 1 is 0.833 bits per heavy atom. The van der Waals surface area contributed by atoms with Gasteiger partial charge in [-0.05, 0) is 24.1 Å². The predicted molar refractivity (Wildman–Crippen MR) is 100 cm³/mol. The summed E-state index contributed by atoms with van der Waals surface area (Å²) in [7, 11) is 0. The summed E-state index contributed by atoms with van der Waals surface area (Å²) in [5, 5.41) is 0. The molecular formula is C21H19BrO2. The summed E-state index contributed by atoms with van der Waals surface area (Å²) in [6.45, 7) is -0.344. The van der Waals surface area contributed by atoms with Crippen molar-refractivity contribution in [3.05, 3.63) is 94.0 Å². The Morgan fingerprint density at radius 2 is 1.42 bits per heavy atom. The van der Waals surface area contributed by atoms with E-state index in [1.54, 1.807) is 12.1 Å². The Morgan fingerprint density at radius 3 is 2.00 bits per heavy atom. The van der Waals surface area contributed by atoms with Crippen LogP contribution in [0.4, 0.5) is 0 Å². The molecule has 0 amide bonds. The lowest BCUT2D eigenvalue weighted by molar-refractivity contribution is 0.288. The van der Waals surface area contributed by atoms with Crippen LogP contribution in [0, 0.1) is 6.88 Å². The van der Waals surface area contributed by atoms with Crippen LogP contribution in [-0.2, 0) is 13.2 Å². The van der Waals surface area contributed by atoms with Crippen molar-refractivity contribution in [2.24, 2.45) is 0 Å². The van der Waals surface area contributed by atoms with Gasteiger partial charge in [0.2, 0.25) is 0 Å². The van der Waals surface area contributed by atoms with Gasteiger partial charge in [0, 0.05) is 18.8 Å². The lowest BCUT2D eigenvalue weighted by Crippen LogP contribution is -2.00. The number of hydrogen-bond acceptors (Lipinski definition) is 2. The quantitative estimate of drug-likeness (QED) is 0.525. The zero-order chi connectivity index (χ0) is 18.4. The molecule has 0 aliphatic carbocycles. The van der Waals surface area contributed by atoms with Gasteiger partial charge in [-0.3, -0.25) is 0 Å². The van der Waals surface area contributed by atoms with Crippen LogP contribution in [0.15, 0.2) is 77.3 Å². The molecule has 0 saturated heterocycles. The maximum Gasteiger partial charge on any atom is 0.127 e. The Hall–Kier alpha value is -2.26. The Balaban J connectivity index is 1.79. The van der Waals surface area contributed by atoms with Crippen LogP contribution in [0.25, 0.3) is 0 Å². The molecular weight excluding hydrogens is 364 g/mol. The van der Waals surface area contributed by atoms with E-state index in [-0.39, 0.29) is 0 Å². The molecule has 0 spiro atoms. The molecule has 2 nitrogen and oxygen atoms in total. The van der Waals surface area contributed by atoms with Gasteiger partial charge in [-0.2, -0.15) is 0 Å². The highest BCUT2D eigenvalue weighted by Crippen LogP contribution is 2.32. The van der Waals surface area contributed by atoms with Gasteiger partial charge in [0.05, 0.1) is 0 Å². The first-order valence-electron chi connectivity index (χ1n) is 8.80. The third-order valence-corrected chi connectivity index (χ3v) is 4.21. The lowest BCUT2D eigenvalue weighted by Gasteiger charge is -2.14. The van der Waals surface area contributed by atoms with Crippen LogP contribution >= 0.6 is 15.9 Å². The summed E-state index contributed by atoms with van der Waals surface area (Å²) in [4.78, 5) is 0. The molecule has 122 valence electrons. The van der Waals surface area contributed by atoms with Crippen molar-refractivity contribution in [1.29, 1.82) is 0 Å². The molecule has 0 aliphatic heterocycles. The molecule has 0 heterocycles. The molecule has 0 saturated carbocycles. The summed E-state index contributed by atoms with van der Waals surface area (Å²) < 4.78 is 28.0. The zero-order valence-corrected chi connectivity index (χ0v) is 14.7. The molecule has 3 heteroatoms. The highest BCUT2D eigenvalue weighted by atomic mass is 79.9. The first-order valence-corrected chi connectivity index (χ1v) is 8.44. The van der Waals surface area contributed by atoms with E-state index < -0.39 is 6.88 Å². The lowest BCUT2D eigenvalue weighted by atomic mass is 10.2. The van der Waals surface area contributed by atoms with Crippen LogP contribution < -0.4 is 9.47 Å². The second kappa shape index (κ2) is 8.02. The number of ether oxygens (including phenoxy) is 2. The van der Waals surface area contributed by atoms with Crippen LogP contribution in [0.2, 0.25) is 0 Å². The average Bonchev–Trinajstić information content (AvgIpc) is 2.66. The van der Waals surface area contributed by atoms with Gasteiger partial charge in [-0.25, -0.2) is 0 Å². The molecule has 0 unspecified atom stereocenters. The summed E-state index contributed by atoms with van der Waals surface area (Å²) in [6, 6.07) is 23.2. The van der Waals surface area contributed by atoms with E-state index in [0.29, 0.717) is 34.7 Å². The van der Waals surface area contributed by atoms with E-state index in [0.717, 1.165) is 11.1 Å². The van der Waals surface area contributed by atoms with Gasteiger partial charge in [0.25, 0.3) is 0 Å². The van der Waals surface area contributed by atoms with Crippen LogP contribution in [0.3, 0.4) is 0 Å².